The average molecular weight is 803 g/mol. The molecule has 2 fully saturated rings. The number of ether oxygens (including phenoxy) is 6. The van der Waals surface area contributed by atoms with Gasteiger partial charge in [-0.05, 0) is 46.0 Å². The summed E-state index contributed by atoms with van der Waals surface area (Å²) in [5, 5.41) is 53.3. The minimum atomic E-state index is -1.61. The molecule has 0 spiro atoms. The maximum atomic E-state index is 13.4. The molecule has 326 valence electrons. The Morgan fingerprint density at radius 2 is 1.12 bits per heavy atom. The number of aliphatic carboxylic acids is 1. The van der Waals surface area contributed by atoms with Crippen molar-refractivity contribution in [1.82, 2.24) is 0 Å². The largest absolute Gasteiger partial charge is 0.481 e. The van der Waals surface area contributed by atoms with E-state index in [1.807, 2.05) is 0 Å². The zero-order chi connectivity index (χ0) is 41.5. The third-order valence-corrected chi connectivity index (χ3v) is 10.5. The third-order valence-electron chi connectivity index (χ3n) is 10.5. The molecule has 0 aromatic rings. The Kier molecular flexibility index (Phi) is 25.2. The van der Waals surface area contributed by atoms with E-state index in [9.17, 15) is 39.9 Å². The van der Waals surface area contributed by atoms with Gasteiger partial charge in [-0.25, -0.2) is 4.79 Å². The number of carboxylic acid groups (broad SMARTS) is 1. The maximum absolute atomic E-state index is 13.4. The summed E-state index contributed by atoms with van der Waals surface area (Å²) in [7, 11) is 0. The molecular formula is C42H74O14. The Balaban J connectivity index is 2.25. The molecule has 0 aromatic heterocycles. The Bertz CT molecular complexity index is 1120. The van der Waals surface area contributed by atoms with Gasteiger partial charge in [0.1, 0.15) is 36.6 Å². The molecule has 56 heavy (non-hydrogen) atoms. The number of carbonyl (C=O) groups excluding carboxylic acids is 2. The van der Waals surface area contributed by atoms with Gasteiger partial charge in [0.25, 0.3) is 0 Å². The first kappa shape index (κ1) is 50.0. The molecule has 0 bridgehead atoms. The molecule has 0 saturated carbocycles. The predicted octanol–water partition coefficient (Wildman–Crippen LogP) is 6.02. The van der Waals surface area contributed by atoms with E-state index in [0.717, 1.165) is 89.9 Å². The van der Waals surface area contributed by atoms with E-state index in [0.29, 0.717) is 25.7 Å². The zero-order valence-corrected chi connectivity index (χ0v) is 34.6. The van der Waals surface area contributed by atoms with Gasteiger partial charge in [0, 0.05) is 6.08 Å². The Hall–Kier alpha value is -2.17. The molecule has 5 N–H and O–H groups in total. The van der Waals surface area contributed by atoms with Gasteiger partial charge in [0.2, 0.25) is 0 Å². The van der Waals surface area contributed by atoms with Crippen LogP contribution in [0, 0.1) is 0 Å². The van der Waals surface area contributed by atoms with Crippen LogP contribution in [0.1, 0.15) is 163 Å². The van der Waals surface area contributed by atoms with Crippen LogP contribution in [-0.2, 0) is 42.8 Å². The lowest BCUT2D eigenvalue weighted by Crippen LogP contribution is -2.64. The lowest BCUT2D eigenvalue weighted by atomic mass is 9.97. The smallest absolute Gasteiger partial charge is 0.330 e. The van der Waals surface area contributed by atoms with Crippen LogP contribution in [0.15, 0.2) is 12.2 Å². The summed E-state index contributed by atoms with van der Waals surface area (Å²) in [6.45, 7) is 9.40. The van der Waals surface area contributed by atoms with Gasteiger partial charge in [-0.15, -0.1) is 0 Å². The molecule has 14 heteroatoms. The fraction of sp³-hybridized carbons (Fsp3) is 0.881. The number of esters is 2. The minimum Gasteiger partial charge on any atom is -0.481 e. The second-order valence-corrected chi connectivity index (χ2v) is 15.6. The second-order valence-electron chi connectivity index (χ2n) is 15.6. The van der Waals surface area contributed by atoms with E-state index in [2.05, 4.69) is 20.8 Å². The molecule has 2 aliphatic rings. The van der Waals surface area contributed by atoms with Crippen molar-refractivity contribution in [2.75, 3.05) is 0 Å². The quantitative estimate of drug-likeness (QED) is 0.0333. The highest BCUT2D eigenvalue weighted by Crippen LogP contribution is 2.32. The SMILES string of the molecule is CCCCCCC/C=C\C(=O)O[C@@H]1[C@H](O[C@@H]2[C@H](O[C@H](CCCCCCC)CC(=O)O[C@H](CCCCCCC)CC(=O)O)O[C@H](C)[C@H](O)[C@@H]2O)O[C@H](C)[C@H](O)[C@H]1O. The normalized spacial score (nSPS) is 29.2. The lowest BCUT2D eigenvalue weighted by Gasteiger charge is -2.46. The third kappa shape index (κ3) is 18.6. The van der Waals surface area contributed by atoms with Crippen molar-refractivity contribution < 1.29 is 68.3 Å². The first-order chi connectivity index (χ1) is 26.8. The van der Waals surface area contributed by atoms with Crippen LogP contribution in [0.5, 0.6) is 0 Å². The number of hydrogen-bond acceptors (Lipinski definition) is 13. The van der Waals surface area contributed by atoms with Crippen LogP contribution in [0.2, 0.25) is 0 Å². The number of hydrogen-bond donors (Lipinski definition) is 5. The molecule has 0 unspecified atom stereocenters. The molecule has 0 radical (unpaired) electrons. The highest BCUT2D eigenvalue weighted by molar-refractivity contribution is 5.82. The van der Waals surface area contributed by atoms with E-state index in [1.54, 1.807) is 13.0 Å². The molecule has 14 nitrogen and oxygen atoms in total. The van der Waals surface area contributed by atoms with Gasteiger partial charge >= 0.3 is 17.9 Å². The molecule has 0 amide bonds. The van der Waals surface area contributed by atoms with Gasteiger partial charge in [-0.2, -0.15) is 0 Å². The summed E-state index contributed by atoms with van der Waals surface area (Å²) in [5.74, 6) is -2.48. The highest BCUT2D eigenvalue weighted by Gasteiger charge is 2.51. The number of unbranched alkanes of at least 4 members (excludes halogenated alkanes) is 13. The minimum absolute atomic E-state index is 0.230. The Labute approximate surface area is 334 Å². The van der Waals surface area contributed by atoms with Crippen molar-refractivity contribution in [1.29, 1.82) is 0 Å². The number of aliphatic hydroxyl groups excluding tert-OH is 4. The van der Waals surface area contributed by atoms with Crippen molar-refractivity contribution >= 4 is 17.9 Å². The average Bonchev–Trinajstić information content (AvgIpc) is 3.15. The van der Waals surface area contributed by atoms with E-state index < -0.39 is 91.5 Å². The first-order valence-electron chi connectivity index (χ1n) is 21.4. The van der Waals surface area contributed by atoms with Crippen LogP contribution in [-0.4, -0.2) is 117 Å². The van der Waals surface area contributed by atoms with Crippen molar-refractivity contribution in [3.63, 3.8) is 0 Å². The van der Waals surface area contributed by atoms with Crippen molar-refractivity contribution in [2.24, 2.45) is 0 Å². The van der Waals surface area contributed by atoms with Crippen LogP contribution in [0.4, 0.5) is 0 Å². The zero-order valence-electron chi connectivity index (χ0n) is 34.6. The second kappa shape index (κ2) is 28.3. The number of rotatable bonds is 29. The summed E-state index contributed by atoms with van der Waals surface area (Å²) >= 11 is 0. The van der Waals surface area contributed by atoms with Gasteiger partial charge in [0.15, 0.2) is 18.7 Å². The van der Waals surface area contributed by atoms with Gasteiger partial charge in [0.05, 0.1) is 31.2 Å². The van der Waals surface area contributed by atoms with Crippen LogP contribution in [0.3, 0.4) is 0 Å². The molecule has 12 atom stereocenters. The lowest BCUT2D eigenvalue weighted by molar-refractivity contribution is -0.366. The topological polar surface area (TPSA) is 208 Å². The van der Waals surface area contributed by atoms with Gasteiger partial charge in [-0.3, -0.25) is 9.59 Å². The fourth-order valence-corrected chi connectivity index (χ4v) is 7.04. The summed E-state index contributed by atoms with van der Waals surface area (Å²) in [6.07, 6.45) is 3.27. The van der Waals surface area contributed by atoms with E-state index in [-0.39, 0.29) is 12.8 Å². The van der Waals surface area contributed by atoms with Gasteiger partial charge in [-0.1, -0.05) is 110 Å². The van der Waals surface area contributed by atoms with Crippen molar-refractivity contribution in [3.05, 3.63) is 12.2 Å². The number of aliphatic hydroxyl groups is 4. The number of carbonyl (C=O) groups is 3. The molecular weight excluding hydrogens is 728 g/mol. The summed E-state index contributed by atoms with van der Waals surface area (Å²) in [6, 6.07) is 0. The fourth-order valence-electron chi connectivity index (χ4n) is 7.04. The molecule has 2 saturated heterocycles. The molecule has 0 aromatic carbocycles. The van der Waals surface area contributed by atoms with Crippen LogP contribution < -0.4 is 0 Å². The first-order valence-corrected chi connectivity index (χ1v) is 21.4. The maximum Gasteiger partial charge on any atom is 0.330 e. The molecule has 2 rings (SSSR count). The van der Waals surface area contributed by atoms with E-state index in [1.165, 1.54) is 13.0 Å². The molecule has 2 aliphatic heterocycles. The van der Waals surface area contributed by atoms with Crippen molar-refractivity contribution in [2.45, 2.75) is 237 Å². The summed E-state index contributed by atoms with van der Waals surface area (Å²) < 4.78 is 35.7. The van der Waals surface area contributed by atoms with E-state index >= 15 is 0 Å². The molecule has 2 heterocycles. The Morgan fingerprint density at radius 1 is 0.625 bits per heavy atom. The highest BCUT2D eigenvalue weighted by atomic mass is 16.8. The van der Waals surface area contributed by atoms with E-state index in [4.69, 9.17) is 28.4 Å². The predicted molar refractivity (Wildman–Crippen MR) is 208 cm³/mol. The van der Waals surface area contributed by atoms with Crippen LogP contribution >= 0.6 is 0 Å². The Morgan fingerprint density at radius 3 is 1.68 bits per heavy atom. The monoisotopic (exact) mass is 803 g/mol. The van der Waals surface area contributed by atoms with Crippen LogP contribution in [0.25, 0.3) is 0 Å². The number of carboxylic acids is 1. The van der Waals surface area contributed by atoms with Gasteiger partial charge < -0.3 is 54.0 Å². The number of allylic oxidation sites excluding steroid dienone is 1. The standard InChI is InChI=1S/C42H74O14/c1-6-9-12-15-16-19-22-25-33(45)55-39-37(49)35(47)29(5)52-42(39)56-40-38(50)36(48)28(4)51-41(40)54-31(24-21-18-14-11-8-3)27-34(46)53-30(26-32(43)44)23-20-17-13-10-7-2/h22,25,28-31,35-42,47-50H,6-21,23-24,26-27H2,1-5H3,(H,43,44)/b25-22-/t28-,29-,30-,31-,35+,36+,37-,38+,39+,40+,41+,42+/m1/s1. The van der Waals surface area contributed by atoms with Crippen molar-refractivity contribution in [3.8, 4) is 0 Å². The summed E-state index contributed by atoms with van der Waals surface area (Å²) in [5.41, 5.74) is 0. The molecule has 0 aliphatic carbocycles. The summed E-state index contributed by atoms with van der Waals surface area (Å²) in [4.78, 5) is 37.8.